The van der Waals surface area contributed by atoms with E-state index in [1.807, 2.05) is 31.3 Å². The second-order valence-corrected chi connectivity index (χ2v) is 4.70. The van der Waals surface area contributed by atoms with Crippen LogP contribution in [-0.4, -0.2) is 25.8 Å². The Morgan fingerprint density at radius 2 is 2.32 bits per heavy atom. The summed E-state index contributed by atoms with van der Waals surface area (Å²) in [4.78, 5) is 15.8. The van der Waals surface area contributed by atoms with Crippen LogP contribution in [0.4, 0.5) is 5.69 Å². The van der Waals surface area contributed by atoms with Crippen LogP contribution in [0.15, 0.2) is 23.2 Å². The summed E-state index contributed by atoms with van der Waals surface area (Å²) in [7, 11) is 1.66. The normalized spacial score (nSPS) is 16.2. The minimum Gasteiger partial charge on any atom is -0.497 e. The average molecular weight is 260 g/mol. The van der Waals surface area contributed by atoms with Crippen molar-refractivity contribution in [2.45, 2.75) is 32.1 Å². The Kier molecular flexibility index (Phi) is 4.55. The van der Waals surface area contributed by atoms with Gasteiger partial charge in [-0.2, -0.15) is 0 Å². The monoisotopic (exact) mass is 260 g/mol. The van der Waals surface area contributed by atoms with Gasteiger partial charge in [-0.25, -0.2) is 0 Å². The lowest BCUT2D eigenvalue weighted by Gasteiger charge is -2.11. The smallest absolute Gasteiger partial charge is 0.219 e. The van der Waals surface area contributed by atoms with Crippen molar-refractivity contribution in [2.75, 3.05) is 13.7 Å². The molecule has 0 spiro atoms. The van der Waals surface area contributed by atoms with Crippen LogP contribution in [0.1, 0.15) is 37.7 Å². The first-order chi connectivity index (χ1) is 9.24. The Labute approximate surface area is 113 Å². The minimum atomic E-state index is 0.128. The molecule has 1 N–H and O–H groups in total. The first kappa shape index (κ1) is 13.6. The van der Waals surface area contributed by atoms with Gasteiger partial charge in [-0.3, -0.25) is 9.79 Å². The maximum absolute atomic E-state index is 11.4. The predicted molar refractivity (Wildman–Crippen MR) is 76.4 cm³/mol. The van der Waals surface area contributed by atoms with E-state index in [0.717, 1.165) is 24.3 Å². The van der Waals surface area contributed by atoms with E-state index in [1.165, 1.54) is 5.56 Å². The van der Waals surface area contributed by atoms with Gasteiger partial charge in [0, 0.05) is 25.1 Å². The van der Waals surface area contributed by atoms with Crippen molar-refractivity contribution in [3.63, 3.8) is 0 Å². The van der Waals surface area contributed by atoms with Gasteiger partial charge in [0.15, 0.2) is 0 Å². The van der Waals surface area contributed by atoms with Gasteiger partial charge in [0.25, 0.3) is 0 Å². The Hall–Kier alpha value is -1.84. The van der Waals surface area contributed by atoms with Crippen LogP contribution < -0.4 is 10.1 Å². The summed E-state index contributed by atoms with van der Waals surface area (Å²) in [6, 6.07) is 5.92. The van der Waals surface area contributed by atoms with Crippen LogP contribution in [0, 0.1) is 0 Å². The Morgan fingerprint density at radius 1 is 1.47 bits per heavy atom. The first-order valence-corrected chi connectivity index (χ1v) is 6.73. The lowest BCUT2D eigenvalue weighted by molar-refractivity contribution is -0.121. The van der Waals surface area contributed by atoms with E-state index >= 15 is 0 Å². The zero-order valence-electron chi connectivity index (χ0n) is 11.5. The standard InChI is InChI=1S/C15H20N2O2/c1-3-4-15(18)16-8-7-11-10-17-14-6-5-12(19-2)9-13(11)14/h5-6,9-11H,3-4,7-8H2,1-2H3,(H,16,18). The third kappa shape index (κ3) is 3.34. The largest absolute Gasteiger partial charge is 0.497 e. The highest BCUT2D eigenvalue weighted by Crippen LogP contribution is 2.36. The number of carbonyl (C=O) groups excluding carboxylic acids is 1. The summed E-state index contributed by atoms with van der Waals surface area (Å²) in [6.07, 6.45) is 4.31. The number of fused-ring (bicyclic) bond motifs is 1. The fourth-order valence-corrected chi connectivity index (χ4v) is 2.24. The van der Waals surface area contributed by atoms with Crippen LogP contribution in [0.5, 0.6) is 5.75 Å². The van der Waals surface area contributed by atoms with Gasteiger partial charge >= 0.3 is 0 Å². The molecular formula is C15H20N2O2. The Morgan fingerprint density at radius 3 is 3.05 bits per heavy atom. The van der Waals surface area contributed by atoms with E-state index in [-0.39, 0.29) is 11.8 Å². The summed E-state index contributed by atoms with van der Waals surface area (Å²) >= 11 is 0. The van der Waals surface area contributed by atoms with Gasteiger partial charge in [0.1, 0.15) is 5.75 Å². The third-order valence-electron chi connectivity index (χ3n) is 3.28. The summed E-state index contributed by atoms with van der Waals surface area (Å²) in [5.74, 6) is 1.25. The molecule has 1 unspecified atom stereocenters. The van der Waals surface area contributed by atoms with Gasteiger partial charge in [0.05, 0.1) is 12.8 Å². The zero-order chi connectivity index (χ0) is 13.7. The molecule has 2 rings (SSSR count). The maximum Gasteiger partial charge on any atom is 0.219 e. The number of methoxy groups -OCH3 is 1. The molecule has 0 bridgehead atoms. The number of nitrogens with one attached hydrogen (secondary N) is 1. The van der Waals surface area contributed by atoms with Crippen LogP contribution in [0.25, 0.3) is 0 Å². The average Bonchev–Trinajstić information content (AvgIpc) is 2.81. The second-order valence-electron chi connectivity index (χ2n) is 4.70. The Bertz CT molecular complexity index is 483. The molecule has 1 amide bonds. The third-order valence-corrected chi connectivity index (χ3v) is 3.28. The topological polar surface area (TPSA) is 50.7 Å². The number of nitrogens with zero attached hydrogens (tertiary/aromatic N) is 1. The first-order valence-electron chi connectivity index (χ1n) is 6.73. The highest BCUT2D eigenvalue weighted by atomic mass is 16.5. The molecule has 1 atom stereocenters. The van der Waals surface area contributed by atoms with E-state index in [9.17, 15) is 4.79 Å². The molecule has 19 heavy (non-hydrogen) atoms. The van der Waals surface area contributed by atoms with Crippen molar-refractivity contribution in [1.82, 2.24) is 5.32 Å². The Balaban J connectivity index is 1.91. The van der Waals surface area contributed by atoms with Crippen LogP contribution in [-0.2, 0) is 4.79 Å². The van der Waals surface area contributed by atoms with E-state index in [2.05, 4.69) is 10.3 Å². The van der Waals surface area contributed by atoms with E-state index in [0.29, 0.717) is 13.0 Å². The van der Waals surface area contributed by atoms with Gasteiger partial charge in [-0.1, -0.05) is 6.92 Å². The van der Waals surface area contributed by atoms with Gasteiger partial charge < -0.3 is 10.1 Å². The number of hydrogen-bond acceptors (Lipinski definition) is 3. The molecule has 0 saturated carbocycles. The molecule has 0 aliphatic carbocycles. The van der Waals surface area contributed by atoms with Crippen LogP contribution in [0.2, 0.25) is 0 Å². The highest BCUT2D eigenvalue weighted by molar-refractivity contribution is 5.81. The number of aliphatic imine (C=N–C) groups is 1. The van der Waals surface area contributed by atoms with Crippen molar-refractivity contribution >= 4 is 17.8 Å². The lowest BCUT2D eigenvalue weighted by Crippen LogP contribution is -2.25. The molecule has 1 heterocycles. The lowest BCUT2D eigenvalue weighted by atomic mass is 9.97. The van der Waals surface area contributed by atoms with Gasteiger partial charge in [0.2, 0.25) is 5.91 Å². The summed E-state index contributed by atoms with van der Waals surface area (Å²) < 4.78 is 5.24. The quantitative estimate of drug-likeness (QED) is 0.855. The highest BCUT2D eigenvalue weighted by Gasteiger charge is 2.19. The fraction of sp³-hybridized carbons (Fsp3) is 0.467. The van der Waals surface area contributed by atoms with Crippen LogP contribution in [0.3, 0.4) is 0 Å². The van der Waals surface area contributed by atoms with Gasteiger partial charge in [-0.05, 0) is 36.6 Å². The summed E-state index contributed by atoms with van der Waals surface area (Å²) in [6.45, 7) is 2.69. The molecule has 0 saturated heterocycles. The number of hydrogen-bond donors (Lipinski definition) is 1. The van der Waals surface area contributed by atoms with E-state index in [1.54, 1.807) is 7.11 Å². The number of ether oxygens (including phenoxy) is 1. The second kappa shape index (κ2) is 6.36. The van der Waals surface area contributed by atoms with E-state index in [4.69, 9.17) is 4.74 Å². The molecule has 1 aromatic rings. The molecule has 0 radical (unpaired) electrons. The molecule has 1 aliphatic rings. The molecule has 1 aromatic carbocycles. The van der Waals surface area contributed by atoms with Crippen LogP contribution >= 0.6 is 0 Å². The SMILES string of the molecule is CCCC(=O)NCCC1C=Nc2ccc(OC)cc21. The molecule has 0 fully saturated rings. The van der Waals surface area contributed by atoms with Crippen molar-refractivity contribution in [3.05, 3.63) is 23.8 Å². The van der Waals surface area contributed by atoms with Gasteiger partial charge in [-0.15, -0.1) is 0 Å². The summed E-state index contributed by atoms with van der Waals surface area (Å²) in [5.41, 5.74) is 2.19. The fourth-order valence-electron chi connectivity index (χ4n) is 2.24. The molecule has 102 valence electrons. The number of carbonyl (C=O) groups is 1. The maximum atomic E-state index is 11.4. The molecule has 4 nitrogen and oxygen atoms in total. The van der Waals surface area contributed by atoms with Crippen molar-refractivity contribution in [2.24, 2.45) is 4.99 Å². The van der Waals surface area contributed by atoms with Crippen molar-refractivity contribution < 1.29 is 9.53 Å². The summed E-state index contributed by atoms with van der Waals surface area (Å²) in [5, 5.41) is 2.94. The van der Waals surface area contributed by atoms with E-state index < -0.39 is 0 Å². The molecule has 4 heteroatoms. The predicted octanol–water partition coefficient (Wildman–Crippen LogP) is 2.80. The molecule has 1 aliphatic heterocycles. The zero-order valence-corrected chi connectivity index (χ0v) is 11.5. The minimum absolute atomic E-state index is 0.128. The molecular weight excluding hydrogens is 240 g/mol. The number of rotatable bonds is 6. The number of amides is 1. The number of benzene rings is 1. The van der Waals surface area contributed by atoms with Crippen molar-refractivity contribution in [1.29, 1.82) is 0 Å². The van der Waals surface area contributed by atoms with Crippen molar-refractivity contribution in [3.8, 4) is 5.75 Å². The molecule has 0 aromatic heterocycles.